The Morgan fingerprint density at radius 2 is 2.31 bits per heavy atom. The fourth-order valence-corrected chi connectivity index (χ4v) is 1.10. The van der Waals surface area contributed by atoms with Crippen molar-refractivity contribution in [1.29, 1.82) is 5.26 Å². The summed E-state index contributed by atoms with van der Waals surface area (Å²) in [7, 11) is 0. The summed E-state index contributed by atoms with van der Waals surface area (Å²) in [4.78, 5) is 0. The standard InChI is InChI=1S/C10H7BrFN/c11-5-1-2-8-3-4-10(12)9(6-8)7-13/h1-4,6H,5H2/b2-1+. The summed E-state index contributed by atoms with van der Waals surface area (Å²) in [6.45, 7) is 0. The number of hydrogen-bond acceptors (Lipinski definition) is 1. The van der Waals surface area contributed by atoms with Gasteiger partial charge in [-0.1, -0.05) is 34.1 Å². The molecular weight excluding hydrogens is 233 g/mol. The van der Waals surface area contributed by atoms with Crippen LogP contribution in [0.25, 0.3) is 6.08 Å². The summed E-state index contributed by atoms with van der Waals surface area (Å²) in [5.74, 6) is -0.474. The molecule has 1 nitrogen and oxygen atoms in total. The number of nitrogens with zero attached hydrogens (tertiary/aromatic N) is 1. The molecule has 0 heterocycles. The van der Waals surface area contributed by atoms with Crippen molar-refractivity contribution < 1.29 is 4.39 Å². The molecule has 0 saturated carbocycles. The summed E-state index contributed by atoms with van der Waals surface area (Å²) in [5, 5.41) is 9.29. The number of benzene rings is 1. The van der Waals surface area contributed by atoms with Gasteiger partial charge in [-0.2, -0.15) is 5.26 Å². The second-order valence-corrected chi connectivity index (χ2v) is 3.06. The zero-order valence-corrected chi connectivity index (χ0v) is 8.38. The lowest BCUT2D eigenvalue weighted by Crippen LogP contribution is -1.83. The number of allylic oxidation sites excluding steroid dienone is 1. The van der Waals surface area contributed by atoms with Crippen LogP contribution in [0.1, 0.15) is 11.1 Å². The van der Waals surface area contributed by atoms with Crippen LogP contribution in [-0.4, -0.2) is 5.33 Å². The van der Waals surface area contributed by atoms with Crippen molar-refractivity contribution in [3.8, 4) is 6.07 Å². The van der Waals surface area contributed by atoms with Gasteiger partial charge in [-0.3, -0.25) is 0 Å². The van der Waals surface area contributed by atoms with Crippen LogP contribution < -0.4 is 0 Å². The molecule has 1 aromatic carbocycles. The molecule has 0 amide bonds. The van der Waals surface area contributed by atoms with E-state index in [1.807, 2.05) is 12.2 Å². The average molecular weight is 240 g/mol. The Hall–Kier alpha value is -1.14. The van der Waals surface area contributed by atoms with E-state index >= 15 is 0 Å². The van der Waals surface area contributed by atoms with E-state index in [-0.39, 0.29) is 5.56 Å². The maximum absolute atomic E-state index is 12.8. The van der Waals surface area contributed by atoms with Crippen LogP contribution >= 0.6 is 15.9 Å². The molecule has 66 valence electrons. The van der Waals surface area contributed by atoms with Gasteiger partial charge in [0.1, 0.15) is 11.9 Å². The molecule has 1 aromatic rings. The quantitative estimate of drug-likeness (QED) is 0.728. The van der Waals surface area contributed by atoms with E-state index in [0.717, 1.165) is 10.9 Å². The molecule has 0 atom stereocenters. The molecule has 0 aliphatic rings. The lowest BCUT2D eigenvalue weighted by atomic mass is 10.1. The first-order valence-electron chi connectivity index (χ1n) is 3.70. The summed E-state index contributed by atoms with van der Waals surface area (Å²) < 4.78 is 12.8. The fourth-order valence-electron chi connectivity index (χ4n) is 0.913. The van der Waals surface area contributed by atoms with Crippen molar-refractivity contribution in [2.24, 2.45) is 0 Å². The van der Waals surface area contributed by atoms with Gasteiger partial charge in [0.25, 0.3) is 0 Å². The second-order valence-electron chi connectivity index (χ2n) is 2.41. The number of nitriles is 1. The summed E-state index contributed by atoms with van der Waals surface area (Å²) in [6.07, 6.45) is 3.71. The molecule has 0 unspecified atom stereocenters. The zero-order chi connectivity index (χ0) is 9.68. The Balaban J connectivity index is 3.01. The average Bonchev–Trinajstić information content (AvgIpc) is 2.16. The van der Waals surface area contributed by atoms with Crippen molar-refractivity contribution >= 4 is 22.0 Å². The Labute approximate surface area is 84.6 Å². The highest BCUT2D eigenvalue weighted by atomic mass is 79.9. The summed E-state index contributed by atoms with van der Waals surface area (Å²) in [6, 6.07) is 6.25. The van der Waals surface area contributed by atoms with Gasteiger partial charge >= 0.3 is 0 Å². The van der Waals surface area contributed by atoms with E-state index in [1.54, 1.807) is 12.1 Å². The lowest BCUT2D eigenvalue weighted by Gasteiger charge is -1.95. The third-order valence-corrected chi connectivity index (χ3v) is 1.88. The zero-order valence-electron chi connectivity index (χ0n) is 6.80. The Kier molecular flexibility index (Phi) is 3.66. The predicted molar refractivity (Wildman–Crippen MR) is 53.9 cm³/mol. The SMILES string of the molecule is N#Cc1cc(/C=C/CBr)ccc1F. The maximum atomic E-state index is 12.8. The summed E-state index contributed by atoms with van der Waals surface area (Å²) >= 11 is 3.23. The van der Waals surface area contributed by atoms with Crippen LogP contribution in [0.2, 0.25) is 0 Å². The number of rotatable bonds is 2. The highest BCUT2D eigenvalue weighted by molar-refractivity contribution is 9.09. The van der Waals surface area contributed by atoms with E-state index in [4.69, 9.17) is 5.26 Å². The molecule has 1 rings (SSSR count). The smallest absolute Gasteiger partial charge is 0.140 e. The van der Waals surface area contributed by atoms with Gasteiger partial charge in [-0.15, -0.1) is 0 Å². The Morgan fingerprint density at radius 3 is 2.92 bits per heavy atom. The molecule has 3 heteroatoms. The third kappa shape index (κ3) is 2.67. The molecular formula is C10H7BrFN. The monoisotopic (exact) mass is 239 g/mol. The van der Waals surface area contributed by atoms with Crippen molar-refractivity contribution in [3.05, 3.63) is 41.2 Å². The van der Waals surface area contributed by atoms with Crippen LogP contribution in [-0.2, 0) is 0 Å². The van der Waals surface area contributed by atoms with Crippen LogP contribution in [0.5, 0.6) is 0 Å². The van der Waals surface area contributed by atoms with Gasteiger partial charge in [0.15, 0.2) is 0 Å². The van der Waals surface area contributed by atoms with Crippen LogP contribution in [0.15, 0.2) is 24.3 Å². The van der Waals surface area contributed by atoms with E-state index in [1.165, 1.54) is 12.1 Å². The third-order valence-electron chi connectivity index (χ3n) is 1.51. The Morgan fingerprint density at radius 1 is 1.54 bits per heavy atom. The minimum absolute atomic E-state index is 0.0803. The maximum Gasteiger partial charge on any atom is 0.140 e. The van der Waals surface area contributed by atoms with E-state index < -0.39 is 5.82 Å². The van der Waals surface area contributed by atoms with Gasteiger partial charge in [-0.05, 0) is 17.7 Å². The minimum atomic E-state index is -0.474. The molecule has 0 fully saturated rings. The van der Waals surface area contributed by atoms with Crippen LogP contribution in [0.4, 0.5) is 4.39 Å². The van der Waals surface area contributed by atoms with Crippen molar-refractivity contribution in [3.63, 3.8) is 0 Å². The number of hydrogen-bond donors (Lipinski definition) is 0. The molecule has 0 bridgehead atoms. The highest BCUT2D eigenvalue weighted by Crippen LogP contribution is 2.10. The minimum Gasteiger partial charge on any atom is -0.206 e. The van der Waals surface area contributed by atoms with Crippen molar-refractivity contribution in [2.75, 3.05) is 5.33 Å². The van der Waals surface area contributed by atoms with Gasteiger partial charge in [0.2, 0.25) is 0 Å². The predicted octanol–water partition coefficient (Wildman–Crippen LogP) is 3.11. The number of halogens is 2. The lowest BCUT2D eigenvalue weighted by molar-refractivity contribution is 0.624. The van der Waals surface area contributed by atoms with E-state index in [2.05, 4.69) is 15.9 Å². The van der Waals surface area contributed by atoms with E-state index in [0.29, 0.717) is 0 Å². The fraction of sp³-hybridized carbons (Fsp3) is 0.100. The first-order valence-corrected chi connectivity index (χ1v) is 4.82. The molecule has 0 aliphatic carbocycles. The van der Waals surface area contributed by atoms with Crippen molar-refractivity contribution in [2.45, 2.75) is 0 Å². The molecule has 0 aromatic heterocycles. The van der Waals surface area contributed by atoms with Crippen LogP contribution in [0.3, 0.4) is 0 Å². The van der Waals surface area contributed by atoms with Gasteiger partial charge in [0, 0.05) is 5.33 Å². The highest BCUT2D eigenvalue weighted by Gasteiger charge is 1.99. The molecule has 0 aliphatic heterocycles. The number of alkyl halides is 1. The second kappa shape index (κ2) is 4.78. The first kappa shape index (κ1) is 9.94. The molecule has 0 N–H and O–H groups in total. The normalized spacial score (nSPS) is 10.2. The first-order chi connectivity index (χ1) is 6.27. The van der Waals surface area contributed by atoms with Crippen LogP contribution in [0, 0.1) is 17.1 Å². The molecule has 0 spiro atoms. The van der Waals surface area contributed by atoms with Gasteiger partial charge < -0.3 is 0 Å². The van der Waals surface area contributed by atoms with Crippen molar-refractivity contribution in [1.82, 2.24) is 0 Å². The Bertz CT molecular complexity index is 366. The molecule has 13 heavy (non-hydrogen) atoms. The molecule has 0 radical (unpaired) electrons. The summed E-state index contributed by atoms with van der Waals surface area (Å²) in [5.41, 5.74) is 0.911. The largest absolute Gasteiger partial charge is 0.206 e. The van der Waals surface area contributed by atoms with E-state index in [9.17, 15) is 4.39 Å². The molecule has 0 saturated heterocycles. The topological polar surface area (TPSA) is 23.8 Å². The van der Waals surface area contributed by atoms with Gasteiger partial charge in [-0.25, -0.2) is 4.39 Å². The van der Waals surface area contributed by atoms with Gasteiger partial charge in [0.05, 0.1) is 5.56 Å².